The molecule has 1 amide bonds. The van der Waals surface area contributed by atoms with Crippen LogP contribution >= 0.6 is 0 Å². The molecule has 0 aliphatic heterocycles. The Morgan fingerprint density at radius 1 is 1.17 bits per heavy atom. The molecule has 0 heterocycles. The summed E-state index contributed by atoms with van der Waals surface area (Å²) in [4.78, 5) is 35.5. The number of hydrogen-bond donors (Lipinski definition) is 3. The zero-order valence-electron chi connectivity index (χ0n) is 15.7. The summed E-state index contributed by atoms with van der Waals surface area (Å²) in [5.41, 5.74) is -0.123. The van der Waals surface area contributed by atoms with Gasteiger partial charge >= 0.3 is 5.97 Å². The molecule has 0 aliphatic rings. The molecule has 8 nitrogen and oxygen atoms in total. The lowest BCUT2D eigenvalue weighted by atomic mass is 10.1. The Kier molecular flexibility index (Phi) is 6.91. The lowest BCUT2D eigenvalue weighted by Gasteiger charge is -2.19. The Balaban J connectivity index is 2.43. The summed E-state index contributed by atoms with van der Waals surface area (Å²) in [7, 11) is 3.31. The minimum absolute atomic E-state index is 0.00588. The summed E-state index contributed by atoms with van der Waals surface area (Å²) in [6.45, 7) is -0.709. The van der Waals surface area contributed by atoms with Gasteiger partial charge in [-0.1, -0.05) is 12.1 Å². The van der Waals surface area contributed by atoms with E-state index in [0.717, 1.165) is 0 Å². The standard InChI is InChI=1S/C20H19FN2O6/c1-23(2)16-9-12(29-17-6-4-3-5-15(17)21)7-8-13(16)19(27)14(11-24)20(28)22-10-18(25)26/h3-9,11,27H,10H2,1-2H3,(H,22,28)(H,25,26)/b19-14-. The van der Waals surface area contributed by atoms with Crippen LogP contribution in [-0.2, 0) is 14.4 Å². The Morgan fingerprint density at radius 2 is 1.86 bits per heavy atom. The number of amides is 1. The SMILES string of the molecule is CN(C)c1cc(Oc2ccccc2F)ccc1/C(O)=C(\C=O)C(=O)NCC(=O)O. The molecule has 0 aromatic heterocycles. The van der Waals surface area contributed by atoms with Crippen molar-refractivity contribution < 1.29 is 33.7 Å². The molecule has 2 aromatic rings. The summed E-state index contributed by atoms with van der Waals surface area (Å²) in [6, 6.07) is 10.2. The molecule has 0 spiro atoms. The van der Waals surface area contributed by atoms with E-state index in [-0.39, 0.29) is 23.3 Å². The monoisotopic (exact) mass is 402 g/mol. The lowest BCUT2D eigenvalue weighted by molar-refractivity contribution is -0.137. The van der Waals surface area contributed by atoms with Crippen LogP contribution < -0.4 is 15.0 Å². The van der Waals surface area contributed by atoms with E-state index in [9.17, 15) is 23.9 Å². The van der Waals surface area contributed by atoms with Gasteiger partial charge in [-0.15, -0.1) is 0 Å². The molecule has 9 heteroatoms. The Bertz CT molecular complexity index is 971. The van der Waals surface area contributed by atoms with Crippen LogP contribution in [0, 0.1) is 5.82 Å². The normalized spacial score (nSPS) is 11.3. The van der Waals surface area contributed by atoms with E-state index >= 15 is 0 Å². The summed E-state index contributed by atoms with van der Waals surface area (Å²) >= 11 is 0. The first-order valence-corrected chi connectivity index (χ1v) is 8.37. The molecule has 0 fully saturated rings. The molecule has 0 aliphatic carbocycles. The third-order valence-corrected chi connectivity index (χ3v) is 3.79. The number of aliphatic hydroxyl groups is 1. The maximum atomic E-state index is 13.8. The number of nitrogens with one attached hydrogen (secondary N) is 1. The zero-order chi connectivity index (χ0) is 21.6. The molecule has 0 radical (unpaired) electrons. The second kappa shape index (κ2) is 9.36. The highest BCUT2D eigenvalue weighted by molar-refractivity contribution is 6.16. The number of rotatable bonds is 8. The van der Waals surface area contributed by atoms with Gasteiger partial charge in [0.05, 0.1) is 5.69 Å². The molecule has 152 valence electrons. The summed E-state index contributed by atoms with van der Waals surface area (Å²) in [5.74, 6) is -3.25. The highest BCUT2D eigenvalue weighted by Crippen LogP contribution is 2.33. The molecule has 0 atom stereocenters. The second-order valence-corrected chi connectivity index (χ2v) is 6.06. The predicted molar refractivity (Wildman–Crippen MR) is 104 cm³/mol. The minimum atomic E-state index is -1.30. The van der Waals surface area contributed by atoms with Gasteiger partial charge in [0.25, 0.3) is 5.91 Å². The van der Waals surface area contributed by atoms with Crippen LogP contribution in [0.3, 0.4) is 0 Å². The largest absolute Gasteiger partial charge is 0.506 e. The zero-order valence-corrected chi connectivity index (χ0v) is 15.7. The van der Waals surface area contributed by atoms with Gasteiger partial charge < -0.3 is 25.2 Å². The molecule has 0 unspecified atom stereocenters. The average Bonchev–Trinajstić information content (AvgIpc) is 2.68. The Labute approximate surface area is 165 Å². The van der Waals surface area contributed by atoms with Gasteiger partial charge in [0.1, 0.15) is 23.6 Å². The van der Waals surface area contributed by atoms with Gasteiger partial charge in [0.2, 0.25) is 0 Å². The number of nitrogens with zero attached hydrogens (tertiary/aromatic N) is 1. The van der Waals surface area contributed by atoms with Crippen LogP contribution in [-0.4, -0.2) is 49.0 Å². The van der Waals surface area contributed by atoms with Crippen molar-refractivity contribution in [1.29, 1.82) is 0 Å². The highest BCUT2D eigenvalue weighted by Gasteiger charge is 2.20. The van der Waals surface area contributed by atoms with Gasteiger partial charge in [0, 0.05) is 25.7 Å². The second-order valence-electron chi connectivity index (χ2n) is 6.06. The van der Waals surface area contributed by atoms with E-state index in [2.05, 4.69) is 0 Å². The van der Waals surface area contributed by atoms with Gasteiger partial charge in [-0.05, 0) is 24.3 Å². The number of aliphatic carboxylic acids is 1. The van der Waals surface area contributed by atoms with Crippen LogP contribution in [0.4, 0.5) is 10.1 Å². The van der Waals surface area contributed by atoms with E-state index in [1.807, 2.05) is 5.32 Å². The number of hydrogen-bond acceptors (Lipinski definition) is 6. The fourth-order valence-electron chi connectivity index (χ4n) is 2.41. The quantitative estimate of drug-likeness (QED) is 0.204. The third-order valence-electron chi connectivity index (χ3n) is 3.79. The number of carboxylic acids is 1. The number of halogens is 1. The molecule has 2 aromatic carbocycles. The van der Waals surface area contributed by atoms with Crippen molar-refractivity contribution in [3.8, 4) is 11.5 Å². The number of carbonyl (C=O) groups excluding carboxylic acids is 2. The summed E-state index contributed by atoms with van der Waals surface area (Å²) in [5, 5.41) is 21.1. The van der Waals surface area contributed by atoms with E-state index in [0.29, 0.717) is 5.69 Å². The number of aldehydes is 1. The van der Waals surface area contributed by atoms with Crippen LogP contribution in [0.2, 0.25) is 0 Å². The van der Waals surface area contributed by atoms with Gasteiger partial charge in [-0.3, -0.25) is 14.4 Å². The van der Waals surface area contributed by atoms with Crippen molar-refractivity contribution in [1.82, 2.24) is 5.32 Å². The molecule has 3 N–H and O–H groups in total. The predicted octanol–water partition coefficient (Wildman–Crippen LogP) is 2.35. The number of para-hydroxylation sites is 1. The van der Waals surface area contributed by atoms with E-state index < -0.39 is 35.6 Å². The van der Waals surface area contributed by atoms with Crippen LogP contribution in [0.1, 0.15) is 5.56 Å². The Hall–Kier alpha value is -3.88. The van der Waals surface area contributed by atoms with Crippen molar-refractivity contribution in [3.63, 3.8) is 0 Å². The maximum absolute atomic E-state index is 13.8. The minimum Gasteiger partial charge on any atom is -0.506 e. The highest BCUT2D eigenvalue weighted by atomic mass is 19.1. The van der Waals surface area contributed by atoms with Crippen molar-refractivity contribution >= 4 is 29.6 Å². The molecular weight excluding hydrogens is 383 g/mol. The van der Waals surface area contributed by atoms with E-state index in [1.54, 1.807) is 25.1 Å². The topological polar surface area (TPSA) is 116 Å². The fraction of sp³-hybridized carbons (Fsp3) is 0.150. The Morgan fingerprint density at radius 3 is 2.45 bits per heavy atom. The first kappa shape index (κ1) is 21.4. The molecule has 0 saturated carbocycles. The third kappa shape index (κ3) is 5.32. The van der Waals surface area contributed by atoms with Crippen molar-refractivity contribution in [2.24, 2.45) is 0 Å². The maximum Gasteiger partial charge on any atom is 0.322 e. The molecule has 0 bridgehead atoms. The first-order chi connectivity index (χ1) is 13.7. The molecule has 29 heavy (non-hydrogen) atoms. The lowest BCUT2D eigenvalue weighted by Crippen LogP contribution is -2.31. The van der Waals surface area contributed by atoms with Gasteiger partial charge in [-0.25, -0.2) is 4.39 Å². The summed E-state index contributed by atoms with van der Waals surface area (Å²) < 4.78 is 19.3. The summed E-state index contributed by atoms with van der Waals surface area (Å²) in [6.07, 6.45) is 0.135. The van der Waals surface area contributed by atoms with Gasteiger partial charge in [0.15, 0.2) is 17.9 Å². The van der Waals surface area contributed by atoms with E-state index in [1.165, 1.54) is 36.4 Å². The molecular formula is C20H19FN2O6. The van der Waals surface area contributed by atoms with Gasteiger partial charge in [-0.2, -0.15) is 0 Å². The first-order valence-electron chi connectivity index (χ1n) is 8.37. The van der Waals surface area contributed by atoms with Crippen LogP contribution in [0.25, 0.3) is 5.76 Å². The smallest absolute Gasteiger partial charge is 0.322 e. The van der Waals surface area contributed by atoms with Crippen molar-refractivity contribution in [3.05, 3.63) is 59.4 Å². The number of benzene rings is 2. The van der Waals surface area contributed by atoms with Crippen LogP contribution in [0.5, 0.6) is 11.5 Å². The number of carbonyl (C=O) groups is 3. The number of aliphatic hydroxyl groups excluding tert-OH is 1. The van der Waals surface area contributed by atoms with Crippen LogP contribution in [0.15, 0.2) is 48.0 Å². The molecule has 0 saturated heterocycles. The fourth-order valence-corrected chi connectivity index (χ4v) is 2.41. The van der Waals surface area contributed by atoms with E-state index in [4.69, 9.17) is 9.84 Å². The average molecular weight is 402 g/mol. The number of anilines is 1. The number of ether oxygens (including phenoxy) is 1. The molecule has 2 rings (SSSR count). The van der Waals surface area contributed by atoms with Crippen molar-refractivity contribution in [2.45, 2.75) is 0 Å². The van der Waals surface area contributed by atoms with Crippen molar-refractivity contribution in [2.75, 3.05) is 25.5 Å². The number of carboxylic acid groups (broad SMARTS) is 1.